The second-order valence-electron chi connectivity index (χ2n) is 1.93. The third-order valence-electron chi connectivity index (χ3n) is 1.20. The minimum atomic E-state index is -0.611. The van der Waals surface area contributed by atoms with Gasteiger partial charge < -0.3 is 0 Å². The van der Waals surface area contributed by atoms with E-state index in [1.807, 2.05) is 0 Å². The normalized spacial score (nSPS) is 10.1. The zero-order valence-corrected chi connectivity index (χ0v) is 8.52. The van der Waals surface area contributed by atoms with E-state index in [1.165, 1.54) is 6.07 Å². The summed E-state index contributed by atoms with van der Waals surface area (Å²) in [5.41, 5.74) is 0.242. The molecule has 1 aromatic carbocycles. The van der Waals surface area contributed by atoms with Crippen LogP contribution in [0.15, 0.2) is 12.1 Å². The number of benzene rings is 1. The Morgan fingerprint density at radius 1 is 1.08 bits per heavy atom. The predicted octanol–water partition coefficient (Wildman–Crippen LogP) is 4.25. The van der Waals surface area contributed by atoms with Crippen molar-refractivity contribution in [2.45, 2.75) is 0 Å². The molecule has 0 aliphatic carbocycles. The smallest absolute Gasteiger partial charge is 0.143 e. The van der Waals surface area contributed by atoms with Crippen LogP contribution < -0.4 is 3.94 Å². The lowest BCUT2D eigenvalue weighted by Crippen LogP contribution is -1.94. The molecule has 0 bridgehead atoms. The quantitative estimate of drug-likeness (QED) is 0.531. The van der Waals surface area contributed by atoms with Crippen molar-refractivity contribution in [3.63, 3.8) is 0 Å². The van der Waals surface area contributed by atoms with Crippen LogP contribution in [0.4, 0.5) is 10.1 Å². The molecule has 0 atom stereocenters. The minimum absolute atomic E-state index is 0.0123. The molecule has 1 rings (SSSR count). The molecule has 0 aromatic heterocycles. The second-order valence-corrected chi connectivity index (χ2v) is 3.53. The van der Waals surface area contributed by atoms with Crippen LogP contribution in [0.2, 0.25) is 10.0 Å². The van der Waals surface area contributed by atoms with E-state index in [0.717, 1.165) is 6.07 Å². The van der Waals surface area contributed by atoms with Crippen molar-refractivity contribution in [3.8, 4) is 0 Å². The van der Waals surface area contributed by atoms with Crippen LogP contribution in [0.5, 0.6) is 0 Å². The molecule has 0 saturated carbocycles. The summed E-state index contributed by atoms with van der Waals surface area (Å²) in [7, 11) is 0. The van der Waals surface area contributed by atoms with Crippen molar-refractivity contribution in [2.75, 3.05) is 3.94 Å². The summed E-state index contributed by atoms with van der Waals surface area (Å²) < 4.78 is 13.4. The summed E-state index contributed by atoms with van der Waals surface area (Å²) in [4.78, 5) is 0. The summed E-state index contributed by atoms with van der Waals surface area (Å²) in [5, 5.41) is -0.206. The van der Waals surface area contributed by atoms with Crippen LogP contribution in [0.1, 0.15) is 0 Å². The molecule has 1 aromatic rings. The highest BCUT2D eigenvalue weighted by Crippen LogP contribution is 2.35. The van der Waals surface area contributed by atoms with Crippen LogP contribution in [0, 0.1) is 5.82 Å². The van der Waals surface area contributed by atoms with Gasteiger partial charge in [0, 0.05) is 23.6 Å². The Kier molecular flexibility index (Phi) is 3.29. The van der Waals surface area contributed by atoms with E-state index >= 15 is 0 Å². The van der Waals surface area contributed by atoms with Gasteiger partial charge in [0.05, 0.1) is 15.7 Å². The molecule has 0 aliphatic heterocycles. The van der Waals surface area contributed by atoms with Gasteiger partial charge in [0.2, 0.25) is 0 Å². The highest BCUT2D eigenvalue weighted by molar-refractivity contribution is 6.52. The molecule has 0 saturated heterocycles. The van der Waals surface area contributed by atoms with E-state index < -0.39 is 5.82 Å². The molecule has 0 fully saturated rings. The fourth-order valence-corrected chi connectivity index (χ4v) is 1.41. The van der Waals surface area contributed by atoms with Crippen molar-refractivity contribution in [1.29, 1.82) is 0 Å². The molecule has 12 heavy (non-hydrogen) atoms. The first-order valence-corrected chi connectivity index (χ1v) is 4.22. The first-order chi connectivity index (χ1) is 5.54. The lowest BCUT2D eigenvalue weighted by molar-refractivity contribution is 0.628. The number of hydrogen-bond donors (Lipinski definition) is 0. The van der Waals surface area contributed by atoms with E-state index in [9.17, 15) is 4.39 Å². The van der Waals surface area contributed by atoms with Gasteiger partial charge in [-0.25, -0.2) is 4.39 Å². The van der Waals surface area contributed by atoms with Gasteiger partial charge in [0.15, 0.2) is 0 Å². The molecular formula is C6H2Cl4FN. The number of anilines is 1. The second kappa shape index (κ2) is 3.88. The Morgan fingerprint density at radius 2 is 1.67 bits per heavy atom. The maximum Gasteiger partial charge on any atom is 0.143 e. The van der Waals surface area contributed by atoms with Gasteiger partial charge in [-0.05, 0) is 12.1 Å². The maximum absolute atomic E-state index is 12.7. The first kappa shape index (κ1) is 10.2. The molecular weight excluding hydrogens is 247 g/mol. The highest BCUT2D eigenvalue weighted by Gasteiger charge is 2.12. The van der Waals surface area contributed by atoms with Crippen molar-refractivity contribution < 1.29 is 4.39 Å². The van der Waals surface area contributed by atoms with Crippen molar-refractivity contribution >= 4 is 52.4 Å². The van der Waals surface area contributed by atoms with Crippen LogP contribution >= 0.6 is 46.8 Å². The fourth-order valence-electron chi connectivity index (χ4n) is 0.646. The largest absolute Gasteiger partial charge is 0.205 e. The summed E-state index contributed by atoms with van der Waals surface area (Å²) in [6.45, 7) is 0. The number of halogens is 5. The van der Waals surface area contributed by atoms with Crippen LogP contribution in [-0.4, -0.2) is 0 Å². The van der Waals surface area contributed by atoms with E-state index in [4.69, 9.17) is 46.8 Å². The number of rotatable bonds is 1. The molecule has 0 unspecified atom stereocenters. The van der Waals surface area contributed by atoms with E-state index in [2.05, 4.69) is 0 Å². The third kappa shape index (κ3) is 1.88. The lowest BCUT2D eigenvalue weighted by Gasteiger charge is -2.08. The zero-order valence-electron chi connectivity index (χ0n) is 5.49. The standard InChI is InChI=1S/C6H2Cl4FN/c7-5-3(11)1-2-4(6(5)8)12(9)10/h1-2H. The highest BCUT2D eigenvalue weighted by atomic mass is 35.5. The van der Waals surface area contributed by atoms with Crippen molar-refractivity contribution in [3.05, 3.63) is 28.0 Å². The molecule has 0 spiro atoms. The first-order valence-electron chi connectivity index (χ1n) is 2.79. The Labute approximate surface area is 88.8 Å². The molecule has 0 radical (unpaired) electrons. The van der Waals surface area contributed by atoms with Crippen molar-refractivity contribution in [1.82, 2.24) is 0 Å². The molecule has 66 valence electrons. The van der Waals surface area contributed by atoms with Gasteiger partial charge in [-0.2, -0.15) is 3.94 Å². The summed E-state index contributed by atoms with van der Waals surface area (Å²) in [6.07, 6.45) is 0. The van der Waals surface area contributed by atoms with E-state index in [-0.39, 0.29) is 15.7 Å². The van der Waals surface area contributed by atoms with Gasteiger partial charge >= 0.3 is 0 Å². The molecule has 0 aliphatic rings. The third-order valence-corrected chi connectivity index (χ3v) is 2.41. The van der Waals surface area contributed by atoms with Crippen molar-refractivity contribution in [2.24, 2.45) is 0 Å². The fraction of sp³-hybridized carbons (Fsp3) is 0. The average Bonchev–Trinajstić information content (AvgIpc) is 2.00. The summed E-state index contributed by atoms with van der Waals surface area (Å²) in [6, 6.07) is 2.45. The Bertz CT molecular complexity index is 302. The van der Waals surface area contributed by atoms with Crippen LogP contribution in [0.3, 0.4) is 0 Å². The zero-order chi connectivity index (χ0) is 9.30. The summed E-state index contributed by atoms with van der Waals surface area (Å²) in [5.74, 6) is -0.611. The summed E-state index contributed by atoms with van der Waals surface area (Å²) >= 11 is 21.8. The lowest BCUT2D eigenvalue weighted by atomic mass is 10.3. The minimum Gasteiger partial charge on any atom is -0.205 e. The Balaban J connectivity index is 3.27. The molecule has 6 heteroatoms. The van der Waals surface area contributed by atoms with Crippen LogP contribution in [0.25, 0.3) is 0 Å². The van der Waals surface area contributed by atoms with Gasteiger partial charge in [0.1, 0.15) is 5.82 Å². The van der Waals surface area contributed by atoms with Gasteiger partial charge in [-0.1, -0.05) is 23.2 Å². The van der Waals surface area contributed by atoms with Gasteiger partial charge in [-0.15, -0.1) is 0 Å². The Hall–Kier alpha value is 0.110. The van der Waals surface area contributed by atoms with Crippen LogP contribution in [-0.2, 0) is 0 Å². The van der Waals surface area contributed by atoms with Gasteiger partial charge in [-0.3, -0.25) is 0 Å². The molecule has 1 nitrogen and oxygen atoms in total. The molecule has 0 heterocycles. The molecule has 0 amide bonds. The Morgan fingerprint density at radius 3 is 2.17 bits per heavy atom. The predicted molar refractivity (Wildman–Crippen MR) is 50.6 cm³/mol. The number of hydrogen-bond acceptors (Lipinski definition) is 1. The monoisotopic (exact) mass is 247 g/mol. The van der Waals surface area contributed by atoms with Gasteiger partial charge in [0.25, 0.3) is 0 Å². The SMILES string of the molecule is Fc1ccc(N(Cl)Cl)c(Cl)c1Cl. The maximum atomic E-state index is 12.7. The topological polar surface area (TPSA) is 3.24 Å². The number of nitrogens with zero attached hydrogens (tertiary/aromatic N) is 1. The average molecular weight is 249 g/mol. The van der Waals surface area contributed by atoms with E-state index in [1.54, 1.807) is 0 Å². The molecule has 0 N–H and O–H groups in total. The van der Waals surface area contributed by atoms with E-state index in [0.29, 0.717) is 3.94 Å².